The molecule has 0 saturated heterocycles. The molecular weight excluding hydrogens is 242 g/mol. The number of carboxylic acid groups (broad SMARTS) is 1. The molecule has 0 spiro atoms. The van der Waals surface area contributed by atoms with Crippen molar-refractivity contribution in [2.24, 2.45) is 0 Å². The minimum Gasteiger partial charge on any atom is -0.479 e. The van der Waals surface area contributed by atoms with Crippen molar-refractivity contribution in [3.8, 4) is 0 Å². The average Bonchev–Trinajstić information content (AvgIpc) is 2.29. The quantitative estimate of drug-likeness (QED) is 0.477. The molecule has 0 aliphatic rings. The van der Waals surface area contributed by atoms with E-state index in [1.807, 2.05) is 0 Å². The molecule has 1 rings (SSSR count). The van der Waals surface area contributed by atoms with E-state index >= 15 is 0 Å². The van der Waals surface area contributed by atoms with Crippen molar-refractivity contribution in [1.82, 2.24) is 4.31 Å². The van der Waals surface area contributed by atoms with Crippen LogP contribution in [0.3, 0.4) is 0 Å². The van der Waals surface area contributed by atoms with Gasteiger partial charge in [0.2, 0.25) is 11.9 Å². The van der Waals surface area contributed by atoms with E-state index in [0.717, 1.165) is 6.92 Å². The van der Waals surface area contributed by atoms with Crippen LogP contribution < -0.4 is 0 Å². The summed E-state index contributed by atoms with van der Waals surface area (Å²) in [5.74, 6) is -2.70. The number of hydrogen-bond donors (Lipinski definition) is 2. The van der Waals surface area contributed by atoms with Crippen molar-refractivity contribution in [2.75, 3.05) is 0 Å². The third-order valence-corrected chi connectivity index (χ3v) is 2.62. The maximum atomic E-state index is 11.9. The molecule has 1 N–H and O–H groups in total. The van der Waals surface area contributed by atoms with Gasteiger partial charge in [-0.25, -0.2) is 4.79 Å². The summed E-state index contributed by atoms with van der Waals surface area (Å²) in [6.45, 7) is 1.14. The third kappa shape index (κ3) is 3.07. The molecule has 0 aliphatic carbocycles. The molecule has 1 amide bonds. The van der Waals surface area contributed by atoms with Crippen molar-refractivity contribution >= 4 is 30.5 Å². The van der Waals surface area contributed by atoms with Crippen LogP contribution >= 0.6 is 12.8 Å². The van der Waals surface area contributed by atoms with Crippen molar-refractivity contribution in [3.05, 3.63) is 35.9 Å². The minimum absolute atomic E-state index is 0.222. The number of thiol groups is 1. The molecule has 0 bridgehead atoms. The lowest BCUT2D eigenvalue weighted by atomic mass is 10.0. The van der Waals surface area contributed by atoms with E-state index in [1.54, 1.807) is 18.2 Å². The van der Waals surface area contributed by atoms with Crippen LogP contribution in [-0.4, -0.2) is 33.1 Å². The SMILES string of the molecule is CC(=O)N(S)C(C(=O)O)C(=O)c1ccccc1. The summed E-state index contributed by atoms with van der Waals surface area (Å²) in [6.07, 6.45) is 0. The first kappa shape index (κ1) is 13.2. The highest BCUT2D eigenvalue weighted by Crippen LogP contribution is 2.12. The molecule has 0 aliphatic heterocycles. The summed E-state index contributed by atoms with van der Waals surface area (Å²) in [6, 6.07) is 6.29. The Morgan fingerprint density at radius 2 is 1.76 bits per heavy atom. The second kappa shape index (κ2) is 5.49. The number of benzene rings is 1. The Labute approximate surface area is 104 Å². The van der Waals surface area contributed by atoms with Crippen LogP contribution in [-0.2, 0) is 9.59 Å². The average molecular weight is 253 g/mol. The number of amides is 1. The van der Waals surface area contributed by atoms with Crippen molar-refractivity contribution < 1.29 is 19.5 Å². The van der Waals surface area contributed by atoms with Gasteiger partial charge in [-0.15, -0.1) is 0 Å². The minimum atomic E-state index is -1.61. The van der Waals surface area contributed by atoms with Crippen LogP contribution in [0.2, 0.25) is 0 Å². The van der Waals surface area contributed by atoms with Crippen LogP contribution in [0.25, 0.3) is 0 Å². The number of aliphatic carboxylic acids is 1. The van der Waals surface area contributed by atoms with Gasteiger partial charge in [-0.1, -0.05) is 43.1 Å². The first-order chi connectivity index (χ1) is 7.95. The van der Waals surface area contributed by atoms with Crippen LogP contribution in [0.1, 0.15) is 17.3 Å². The maximum absolute atomic E-state index is 11.9. The van der Waals surface area contributed by atoms with Crippen LogP contribution in [0.4, 0.5) is 0 Å². The van der Waals surface area contributed by atoms with Gasteiger partial charge in [0, 0.05) is 12.5 Å². The molecule has 17 heavy (non-hydrogen) atoms. The van der Waals surface area contributed by atoms with Gasteiger partial charge in [-0.05, 0) is 0 Å². The van der Waals surface area contributed by atoms with E-state index in [1.165, 1.54) is 12.1 Å². The van der Waals surface area contributed by atoms with Gasteiger partial charge in [-0.2, -0.15) is 0 Å². The van der Waals surface area contributed by atoms with Gasteiger partial charge < -0.3 is 5.11 Å². The number of nitrogens with zero attached hydrogens (tertiary/aromatic N) is 1. The Morgan fingerprint density at radius 1 is 1.24 bits per heavy atom. The van der Waals surface area contributed by atoms with E-state index in [4.69, 9.17) is 5.11 Å². The lowest BCUT2D eigenvalue weighted by Gasteiger charge is -2.20. The van der Waals surface area contributed by atoms with Crippen LogP contribution in [0, 0.1) is 0 Å². The van der Waals surface area contributed by atoms with Crippen molar-refractivity contribution in [2.45, 2.75) is 13.0 Å². The van der Waals surface area contributed by atoms with Gasteiger partial charge in [0.15, 0.2) is 5.78 Å². The summed E-state index contributed by atoms with van der Waals surface area (Å²) >= 11 is 3.73. The summed E-state index contributed by atoms with van der Waals surface area (Å²) in [7, 11) is 0. The molecule has 90 valence electrons. The number of Topliss-reactive ketones (excluding diaryl/α,β-unsaturated/α-hetero) is 1. The van der Waals surface area contributed by atoms with E-state index in [2.05, 4.69) is 12.8 Å². The molecule has 0 fully saturated rings. The lowest BCUT2D eigenvalue weighted by Crippen LogP contribution is -2.44. The van der Waals surface area contributed by atoms with E-state index in [0.29, 0.717) is 4.31 Å². The summed E-state index contributed by atoms with van der Waals surface area (Å²) in [4.78, 5) is 34.0. The zero-order valence-electron chi connectivity index (χ0n) is 9.03. The molecule has 1 aromatic rings. The predicted molar refractivity (Wildman–Crippen MR) is 63.7 cm³/mol. The monoisotopic (exact) mass is 253 g/mol. The van der Waals surface area contributed by atoms with Gasteiger partial charge in [0.05, 0.1) is 0 Å². The third-order valence-electron chi connectivity index (χ3n) is 2.11. The summed E-state index contributed by atoms with van der Waals surface area (Å²) in [5, 5.41) is 8.96. The molecule has 1 atom stereocenters. The van der Waals surface area contributed by atoms with Crippen molar-refractivity contribution in [3.63, 3.8) is 0 Å². The van der Waals surface area contributed by atoms with Gasteiger partial charge >= 0.3 is 5.97 Å². The standard InChI is InChI=1S/C11H11NO4S/c1-7(13)12(17)9(11(15)16)10(14)8-5-3-2-4-6-8/h2-6,9,17H,1H3,(H,15,16). The van der Waals surface area contributed by atoms with E-state index < -0.39 is 23.7 Å². The zero-order chi connectivity index (χ0) is 13.0. The van der Waals surface area contributed by atoms with Gasteiger partial charge in [-0.3, -0.25) is 13.9 Å². The molecule has 0 radical (unpaired) electrons. The molecular formula is C11H11NO4S. The number of hydrogen-bond acceptors (Lipinski definition) is 4. The van der Waals surface area contributed by atoms with Crippen LogP contribution in [0.5, 0.6) is 0 Å². The lowest BCUT2D eigenvalue weighted by molar-refractivity contribution is -0.143. The second-order valence-corrected chi connectivity index (χ2v) is 3.77. The maximum Gasteiger partial charge on any atom is 0.335 e. The van der Waals surface area contributed by atoms with Gasteiger partial charge in [0.25, 0.3) is 0 Å². The number of carboxylic acids is 1. The Morgan fingerprint density at radius 3 is 2.18 bits per heavy atom. The van der Waals surface area contributed by atoms with E-state index in [9.17, 15) is 14.4 Å². The molecule has 6 heteroatoms. The molecule has 5 nitrogen and oxygen atoms in total. The fourth-order valence-electron chi connectivity index (χ4n) is 1.27. The number of rotatable bonds is 4. The largest absolute Gasteiger partial charge is 0.479 e. The van der Waals surface area contributed by atoms with Crippen molar-refractivity contribution in [1.29, 1.82) is 0 Å². The van der Waals surface area contributed by atoms with E-state index in [-0.39, 0.29) is 5.56 Å². The normalized spacial score (nSPS) is 11.6. The molecule has 1 unspecified atom stereocenters. The Balaban J connectivity index is 3.05. The first-order valence-corrected chi connectivity index (χ1v) is 5.16. The highest BCUT2D eigenvalue weighted by molar-refractivity contribution is 7.78. The predicted octanol–water partition coefficient (Wildman–Crippen LogP) is 1.02. The first-order valence-electron chi connectivity index (χ1n) is 4.76. The summed E-state index contributed by atoms with van der Waals surface area (Å²) in [5.41, 5.74) is 0.222. The number of carbonyl (C=O) groups is 3. The topological polar surface area (TPSA) is 74.7 Å². The molecule has 0 heterocycles. The highest BCUT2D eigenvalue weighted by Gasteiger charge is 2.33. The molecule has 0 saturated carbocycles. The Kier molecular flexibility index (Phi) is 4.28. The smallest absolute Gasteiger partial charge is 0.335 e. The number of carbonyl (C=O) groups excluding carboxylic acids is 2. The highest BCUT2D eigenvalue weighted by atomic mass is 32.1. The summed E-state index contributed by atoms with van der Waals surface area (Å²) < 4.78 is 0.609. The molecule has 1 aromatic carbocycles. The second-order valence-electron chi connectivity index (χ2n) is 3.33. The fourth-order valence-corrected chi connectivity index (χ4v) is 1.47. The fraction of sp³-hybridized carbons (Fsp3) is 0.182. The van der Waals surface area contributed by atoms with Gasteiger partial charge in [0.1, 0.15) is 0 Å². The molecule has 0 aromatic heterocycles. The van der Waals surface area contributed by atoms with Crippen LogP contribution in [0.15, 0.2) is 30.3 Å². The number of ketones is 1. The zero-order valence-corrected chi connectivity index (χ0v) is 9.92. The Bertz CT molecular complexity index is 446. The Hall–Kier alpha value is -1.82.